The molecule has 0 aliphatic carbocycles. The second kappa shape index (κ2) is 5.07. The second-order valence-corrected chi connectivity index (χ2v) is 5.23. The highest BCUT2D eigenvalue weighted by Crippen LogP contribution is 2.32. The third-order valence-electron chi connectivity index (χ3n) is 4.17. The van der Waals surface area contributed by atoms with Gasteiger partial charge < -0.3 is 5.32 Å². The van der Waals surface area contributed by atoms with Crippen LogP contribution in [0.15, 0.2) is 36.5 Å². The molecule has 2 aromatic rings. The quantitative estimate of drug-likeness (QED) is 0.871. The molecule has 1 aromatic carbocycles. The number of benzene rings is 1. The third kappa shape index (κ3) is 2.13. The minimum Gasteiger partial charge on any atom is -0.316 e. The molecule has 2 heteroatoms. The predicted octanol–water partition coefficient (Wildman–Crippen LogP) is 3.34. The minimum absolute atomic E-state index is 0.674. The summed E-state index contributed by atoms with van der Waals surface area (Å²) >= 11 is 0. The molecule has 3 rings (SSSR count). The normalized spacial score (nSPS) is 24.3. The van der Waals surface area contributed by atoms with E-state index in [4.69, 9.17) is 0 Å². The third-order valence-corrected chi connectivity index (χ3v) is 4.17. The highest BCUT2D eigenvalue weighted by Gasteiger charge is 2.25. The molecule has 1 N–H and O–H groups in total. The lowest BCUT2D eigenvalue weighted by Gasteiger charge is -2.31. The van der Waals surface area contributed by atoms with Gasteiger partial charge in [0.05, 0.1) is 5.52 Å². The summed E-state index contributed by atoms with van der Waals surface area (Å²) in [6.07, 6.45) is 4.56. The number of para-hydroxylation sites is 1. The van der Waals surface area contributed by atoms with E-state index in [9.17, 15) is 0 Å². The van der Waals surface area contributed by atoms with Crippen LogP contribution in [0.1, 0.15) is 31.2 Å². The van der Waals surface area contributed by atoms with E-state index in [1.807, 2.05) is 6.07 Å². The first-order valence-electron chi connectivity index (χ1n) is 6.94. The van der Waals surface area contributed by atoms with Crippen molar-refractivity contribution in [1.82, 2.24) is 10.3 Å². The highest BCUT2D eigenvalue weighted by atomic mass is 14.9. The molecule has 18 heavy (non-hydrogen) atoms. The van der Waals surface area contributed by atoms with E-state index < -0.39 is 0 Å². The van der Waals surface area contributed by atoms with Crippen molar-refractivity contribution in [3.63, 3.8) is 0 Å². The Labute approximate surface area is 108 Å². The Morgan fingerprint density at radius 1 is 1.33 bits per heavy atom. The zero-order chi connectivity index (χ0) is 12.4. The van der Waals surface area contributed by atoms with Gasteiger partial charge in [-0.2, -0.15) is 0 Å². The Morgan fingerprint density at radius 3 is 3.11 bits per heavy atom. The Kier molecular flexibility index (Phi) is 3.28. The lowest BCUT2D eigenvalue weighted by Crippen LogP contribution is -2.35. The fourth-order valence-electron chi connectivity index (χ4n) is 3.08. The van der Waals surface area contributed by atoms with Crippen molar-refractivity contribution in [1.29, 1.82) is 0 Å². The summed E-state index contributed by atoms with van der Waals surface area (Å²) in [6.45, 7) is 4.57. The van der Waals surface area contributed by atoms with Crippen LogP contribution in [0.4, 0.5) is 0 Å². The molecule has 0 saturated carbocycles. The smallest absolute Gasteiger partial charge is 0.0702 e. The Morgan fingerprint density at radius 2 is 2.22 bits per heavy atom. The van der Waals surface area contributed by atoms with Gasteiger partial charge in [0.2, 0.25) is 0 Å². The number of hydrogen-bond acceptors (Lipinski definition) is 2. The molecule has 0 bridgehead atoms. The first kappa shape index (κ1) is 11.7. The van der Waals surface area contributed by atoms with E-state index in [1.54, 1.807) is 0 Å². The van der Waals surface area contributed by atoms with E-state index in [0.29, 0.717) is 5.92 Å². The minimum atomic E-state index is 0.674. The number of nitrogens with zero attached hydrogens (tertiary/aromatic N) is 1. The predicted molar refractivity (Wildman–Crippen MR) is 75.8 cm³/mol. The van der Waals surface area contributed by atoms with Gasteiger partial charge in [-0.25, -0.2) is 0 Å². The molecule has 1 aliphatic heterocycles. The average molecular weight is 240 g/mol. The van der Waals surface area contributed by atoms with Crippen LogP contribution in [0.5, 0.6) is 0 Å². The summed E-state index contributed by atoms with van der Waals surface area (Å²) in [5, 5.41) is 4.77. The molecule has 1 fully saturated rings. The lowest BCUT2D eigenvalue weighted by atomic mass is 9.80. The standard InChI is InChI=1S/C16H20N2/c1-2-12-10-17-8-7-15(12)14-9-13-5-3-4-6-16(13)18-11-14/h3-6,9,11-12,15,17H,2,7-8,10H2,1H3. The molecule has 1 aromatic heterocycles. The van der Waals surface area contributed by atoms with Crippen molar-refractivity contribution in [3.05, 3.63) is 42.1 Å². The second-order valence-electron chi connectivity index (χ2n) is 5.23. The van der Waals surface area contributed by atoms with Crippen LogP contribution < -0.4 is 5.32 Å². The van der Waals surface area contributed by atoms with Gasteiger partial charge in [0.1, 0.15) is 0 Å². The molecular weight excluding hydrogens is 220 g/mol. The maximum atomic E-state index is 4.60. The van der Waals surface area contributed by atoms with Crippen molar-refractivity contribution < 1.29 is 0 Å². The first-order chi connectivity index (χ1) is 8.88. The fraction of sp³-hybridized carbons (Fsp3) is 0.438. The number of piperidine rings is 1. The Balaban J connectivity index is 1.97. The molecule has 2 unspecified atom stereocenters. The van der Waals surface area contributed by atoms with Crippen molar-refractivity contribution >= 4 is 10.9 Å². The van der Waals surface area contributed by atoms with E-state index in [-0.39, 0.29) is 0 Å². The van der Waals surface area contributed by atoms with Gasteiger partial charge in [0.25, 0.3) is 0 Å². The van der Waals surface area contributed by atoms with E-state index in [0.717, 1.165) is 24.5 Å². The fourth-order valence-corrected chi connectivity index (χ4v) is 3.08. The number of nitrogens with one attached hydrogen (secondary N) is 1. The number of aromatic nitrogens is 1. The summed E-state index contributed by atoms with van der Waals surface area (Å²) in [4.78, 5) is 4.60. The van der Waals surface area contributed by atoms with Crippen molar-refractivity contribution in [3.8, 4) is 0 Å². The van der Waals surface area contributed by atoms with Gasteiger partial charge in [0, 0.05) is 11.6 Å². The van der Waals surface area contributed by atoms with Crippen LogP contribution in [0.25, 0.3) is 10.9 Å². The maximum Gasteiger partial charge on any atom is 0.0702 e. The Hall–Kier alpha value is -1.41. The zero-order valence-corrected chi connectivity index (χ0v) is 10.9. The lowest BCUT2D eigenvalue weighted by molar-refractivity contribution is 0.317. The zero-order valence-electron chi connectivity index (χ0n) is 10.9. The number of rotatable bonds is 2. The highest BCUT2D eigenvalue weighted by molar-refractivity contribution is 5.78. The van der Waals surface area contributed by atoms with Gasteiger partial charge in [-0.15, -0.1) is 0 Å². The monoisotopic (exact) mass is 240 g/mol. The van der Waals surface area contributed by atoms with Crippen LogP contribution in [-0.2, 0) is 0 Å². The average Bonchev–Trinajstić information content (AvgIpc) is 2.46. The van der Waals surface area contributed by atoms with Crippen LogP contribution >= 0.6 is 0 Å². The first-order valence-corrected chi connectivity index (χ1v) is 6.94. The summed E-state index contributed by atoms with van der Waals surface area (Å²) < 4.78 is 0. The molecule has 0 radical (unpaired) electrons. The van der Waals surface area contributed by atoms with Crippen LogP contribution in [0, 0.1) is 5.92 Å². The topological polar surface area (TPSA) is 24.9 Å². The Bertz CT molecular complexity index is 535. The van der Waals surface area contributed by atoms with Crippen molar-refractivity contribution in [2.75, 3.05) is 13.1 Å². The SMILES string of the molecule is CCC1CNCCC1c1cnc2ccccc2c1. The largest absolute Gasteiger partial charge is 0.316 e. The molecule has 2 atom stereocenters. The number of pyridine rings is 1. The van der Waals surface area contributed by atoms with E-state index >= 15 is 0 Å². The van der Waals surface area contributed by atoms with Crippen LogP contribution in [-0.4, -0.2) is 18.1 Å². The van der Waals surface area contributed by atoms with E-state index in [2.05, 4.69) is 47.7 Å². The summed E-state index contributed by atoms with van der Waals surface area (Å²) in [5.41, 5.74) is 2.52. The van der Waals surface area contributed by atoms with Crippen molar-refractivity contribution in [2.24, 2.45) is 5.92 Å². The van der Waals surface area contributed by atoms with Crippen LogP contribution in [0.3, 0.4) is 0 Å². The number of hydrogen-bond donors (Lipinski definition) is 1. The van der Waals surface area contributed by atoms with Gasteiger partial charge in [-0.3, -0.25) is 4.98 Å². The molecule has 2 nitrogen and oxygen atoms in total. The van der Waals surface area contributed by atoms with E-state index in [1.165, 1.54) is 23.8 Å². The summed E-state index contributed by atoms with van der Waals surface area (Å²) in [7, 11) is 0. The molecule has 1 saturated heterocycles. The number of fused-ring (bicyclic) bond motifs is 1. The summed E-state index contributed by atoms with van der Waals surface area (Å²) in [6, 6.07) is 10.7. The molecule has 2 heterocycles. The van der Waals surface area contributed by atoms with Gasteiger partial charge in [-0.05, 0) is 49.0 Å². The van der Waals surface area contributed by atoms with Gasteiger partial charge in [-0.1, -0.05) is 31.5 Å². The van der Waals surface area contributed by atoms with Crippen LogP contribution in [0.2, 0.25) is 0 Å². The molecular formula is C16H20N2. The summed E-state index contributed by atoms with van der Waals surface area (Å²) in [5.74, 6) is 1.43. The molecule has 1 aliphatic rings. The molecule has 94 valence electrons. The van der Waals surface area contributed by atoms with Gasteiger partial charge >= 0.3 is 0 Å². The van der Waals surface area contributed by atoms with Gasteiger partial charge in [0.15, 0.2) is 0 Å². The van der Waals surface area contributed by atoms with Crippen molar-refractivity contribution in [2.45, 2.75) is 25.7 Å². The maximum absolute atomic E-state index is 4.60. The molecule has 0 spiro atoms. The molecule has 0 amide bonds.